The Kier molecular flexibility index (Phi) is 11.4. The van der Waals surface area contributed by atoms with Crippen LogP contribution in [0.5, 0.6) is 0 Å². The van der Waals surface area contributed by atoms with Gasteiger partial charge in [0.2, 0.25) is 0 Å². The van der Waals surface area contributed by atoms with Crippen LogP contribution in [-0.2, 0) is 11.2 Å². The topological polar surface area (TPSA) is 70.0 Å². The van der Waals surface area contributed by atoms with Crippen molar-refractivity contribution in [3.05, 3.63) is 143 Å². The number of hydrogen-bond donors (Lipinski definition) is 1. The Morgan fingerprint density at radius 2 is 1.84 bits per heavy atom. The lowest BCUT2D eigenvalue weighted by Crippen LogP contribution is -2.32. The minimum atomic E-state index is -0.133. The van der Waals surface area contributed by atoms with Gasteiger partial charge in [-0.1, -0.05) is 91.6 Å². The van der Waals surface area contributed by atoms with Crippen LogP contribution in [0.1, 0.15) is 71.6 Å². The predicted molar refractivity (Wildman–Crippen MR) is 177 cm³/mol. The molecular weight excluding hydrogens is 528 g/mol. The number of Topliss-reactive ketones (excluding diaryl/α,β-unsaturated/α-hetero) is 1. The Morgan fingerprint density at radius 1 is 1.05 bits per heavy atom. The summed E-state index contributed by atoms with van der Waals surface area (Å²) in [6, 6.07) is 15.8. The highest BCUT2D eigenvalue weighted by atomic mass is 16.1. The summed E-state index contributed by atoms with van der Waals surface area (Å²) in [5.41, 5.74) is 6.26. The van der Waals surface area contributed by atoms with E-state index < -0.39 is 0 Å². The standard InChI is InChI=1S/C39H40N2O2/c1-4-29-17-22-35(23-18-29)41-24-10-13-36(42)26-32-20-21-33(25-34(32)27-40)39(43)31-12-7-8-14-37(28(3)16-19-31)38-15-9-6-11-30(38)5-2/h4-11,13-16,19-21,25,29,35,41H,1-2,12,17-18,22-24,26H2,3H3/b8-7+,13-10+,28-16+,31-19+,37-14+. The van der Waals surface area contributed by atoms with E-state index in [1.165, 1.54) is 0 Å². The first-order valence-corrected chi connectivity index (χ1v) is 15.0. The van der Waals surface area contributed by atoms with Gasteiger partial charge >= 0.3 is 0 Å². The van der Waals surface area contributed by atoms with E-state index in [0.717, 1.165) is 48.0 Å². The summed E-state index contributed by atoms with van der Waals surface area (Å²) in [5, 5.41) is 13.3. The molecule has 218 valence electrons. The maximum atomic E-state index is 13.5. The third-order valence-corrected chi connectivity index (χ3v) is 8.25. The molecule has 0 radical (unpaired) electrons. The van der Waals surface area contributed by atoms with Crippen molar-refractivity contribution in [3.8, 4) is 6.07 Å². The second-order valence-corrected chi connectivity index (χ2v) is 11.2. The number of nitrogens with one attached hydrogen (secondary N) is 1. The number of rotatable bonds is 11. The van der Waals surface area contributed by atoms with Gasteiger partial charge in [-0.3, -0.25) is 9.59 Å². The maximum Gasteiger partial charge on any atom is 0.189 e. The molecule has 1 fully saturated rings. The molecule has 1 N–H and O–H groups in total. The quantitative estimate of drug-likeness (QED) is 0.168. The van der Waals surface area contributed by atoms with Crippen molar-refractivity contribution in [2.75, 3.05) is 6.54 Å². The Morgan fingerprint density at radius 3 is 2.58 bits per heavy atom. The van der Waals surface area contributed by atoms with E-state index in [1.807, 2.05) is 61.6 Å². The summed E-state index contributed by atoms with van der Waals surface area (Å²) in [5.74, 6) is 0.420. The van der Waals surface area contributed by atoms with E-state index in [1.54, 1.807) is 24.3 Å². The third-order valence-electron chi connectivity index (χ3n) is 8.25. The zero-order valence-corrected chi connectivity index (χ0v) is 25.0. The first kappa shape index (κ1) is 31.3. The minimum absolute atomic E-state index is 0.0706. The van der Waals surface area contributed by atoms with Crippen LogP contribution in [0.2, 0.25) is 0 Å². The normalized spacial score (nSPS) is 23.1. The second kappa shape index (κ2) is 15.6. The molecule has 2 aromatic carbocycles. The molecule has 0 atom stereocenters. The number of hydrogen-bond acceptors (Lipinski definition) is 4. The summed E-state index contributed by atoms with van der Waals surface area (Å²) >= 11 is 0. The van der Waals surface area contributed by atoms with Crippen LogP contribution in [0.15, 0.2) is 115 Å². The molecular formula is C39H40N2O2. The first-order chi connectivity index (χ1) is 20.9. The van der Waals surface area contributed by atoms with Crippen molar-refractivity contribution >= 4 is 23.2 Å². The van der Waals surface area contributed by atoms with E-state index in [9.17, 15) is 14.9 Å². The number of carbonyl (C=O) groups is 2. The Balaban J connectivity index is 1.41. The fourth-order valence-corrected chi connectivity index (χ4v) is 5.66. The average molecular weight is 569 g/mol. The van der Waals surface area contributed by atoms with Crippen LogP contribution >= 0.6 is 0 Å². The van der Waals surface area contributed by atoms with E-state index in [4.69, 9.17) is 0 Å². The fraction of sp³-hybridized carbons (Fsp3) is 0.256. The van der Waals surface area contributed by atoms with Gasteiger partial charge in [-0.25, -0.2) is 0 Å². The largest absolute Gasteiger partial charge is 0.311 e. The Labute approximate surface area is 256 Å². The average Bonchev–Trinajstić information content (AvgIpc) is 3.13. The summed E-state index contributed by atoms with van der Waals surface area (Å²) in [7, 11) is 0. The van der Waals surface area contributed by atoms with Gasteiger partial charge in [0, 0.05) is 30.1 Å². The number of benzene rings is 2. The van der Waals surface area contributed by atoms with Crippen LogP contribution in [0.25, 0.3) is 11.6 Å². The summed E-state index contributed by atoms with van der Waals surface area (Å²) in [4.78, 5) is 26.2. The van der Waals surface area contributed by atoms with Gasteiger partial charge in [-0.2, -0.15) is 5.26 Å². The first-order valence-electron chi connectivity index (χ1n) is 15.0. The minimum Gasteiger partial charge on any atom is -0.311 e. The molecule has 0 spiro atoms. The molecule has 2 aliphatic carbocycles. The summed E-state index contributed by atoms with van der Waals surface area (Å²) in [6.45, 7) is 10.5. The molecule has 4 heteroatoms. The highest BCUT2D eigenvalue weighted by molar-refractivity contribution is 6.09. The lowest BCUT2D eigenvalue weighted by molar-refractivity contribution is -0.114. The number of nitriles is 1. The smallest absolute Gasteiger partial charge is 0.189 e. The molecule has 4 nitrogen and oxygen atoms in total. The monoisotopic (exact) mass is 568 g/mol. The van der Waals surface area contributed by atoms with Crippen LogP contribution in [0, 0.1) is 17.2 Å². The van der Waals surface area contributed by atoms with Crippen molar-refractivity contribution in [3.63, 3.8) is 0 Å². The van der Waals surface area contributed by atoms with E-state index in [-0.39, 0.29) is 18.0 Å². The molecule has 0 saturated heterocycles. The molecule has 0 bridgehead atoms. The molecule has 0 aliphatic heterocycles. The third kappa shape index (κ3) is 8.47. The number of ketones is 2. The molecule has 0 unspecified atom stereocenters. The van der Waals surface area contributed by atoms with Crippen molar-refractivity contribution in [1.82, 2.24) is 5.32 Å². The van der Waals surface area contributed by atoms with Crippen LogP contribution in [0.3, 0.4) is 0 Å². The second-order valence-electron chi connectivity index (χ2n) is 11.2. The van der Waals surface area contributed by atoms with Crippen molar-refractivity contribution in [2.24, 2.45) is 5.92 Å². The zero-order valence-electron chi connectivity index (χ0n) is 25.0. The van der Waals surface area contributed by atoms with Crippen molar-refractivity contribution in [2.45, 2.75) is 51.5 Å². The summed E-state index contributed by atoms with van der Waals surface area (Å²) < 4.78 is 0. The van der Waals surface area contributed by atoms with Crippen LogP contribution in [-0.4, -0.2) is 24.2 Å². The highest BCUT2D eigenvalue weighted by Crippen LogP contribution is 2.29. The van der Waals surface area contributed by atoms with Gasteiger partial charge in [0.1, 0.15) is 0 Å². The Bertz CT molecular complexity index is 1570. The van der Waals surface area contributed by atoms with E-state index >= 15 is 0 Å². The lowest BCUT2D eigenvalue weighted by atomic mass is 9.86. The van der Waals surface area contributed by atoms with E-state index in [2.05, 4.69) is 42.8 Å². The van der Waals surface area contributed by atoms with Crippen molar-refractivity contribution in [1.29, 1.82) is 5.26 Å². The molecule has 1 saturated carbocycles. The fourth-order valence-electron chi connectivity index (χ4n) is 5.66. The van der Waals surface area contributed by atoms with Gasteiger partial charge in [-0.05, 0) is 84.9 Å². The molecule has 0 heterocycles. The van der Waals surface area contributed by atoms with Gasteiger partial charge in [-0.15, -0.1) is 6.58 Å². The van der Waals surface area contributed by atoms with E-state index in [0.29, 0.717) is 47.2 Å². The maximum absolute atomic E-state index is 13.5. The van der Waals surface area contributed by atoms with Gasteiger partial charge < -0.3 is 5.32 Å². The molecule has 4 rings (SSSR count). The molecule has 0 amide bonds. The molecule has 2 aromatic rings. The van der Waals surface area contributed by atoms with Gasteiger partial charge in [0.05, 0.1) is 11.6 Å². The van der Waals surface area contributed by atoms with Crippen molar-refractivity contribution < 1.29 is 9.59 Å². The molecule has 2 aliphatic rings. The summed E-state index contributed by atoms with van der Waals surface area (Å²) in [6.07, 6.45) is 22.3. The molecule has 43 heavy (non-hydrogen) atoms. The highest BCUT2D eigenvalue weighted by Gasteiger charge is 2.18. The zero-order chi connectivity index (χ0) is 30.6. The predicted octanol–water partition coefficient (Wildman–Crippen LogP) is 8.30. The van der Waals surface area contributed by atoms with Crippen LogP contribution in [0.4, 0.5) is 0 Å². The number of allylic oxidation sites excluding steroid dienone is 10. The lowest BCUT2D eigenvalue weighted by Gasteiger charge is -2.27. The van der Waals surface area contributed by atoms with Crippen LogP contribution < -0.4 is 5.32 Å². The SMILES string of the molecule is C=Cc1ccccc1C1=C/C=C/C/C(C(=O)c2ccc(CC(=O)/C=C/CNC3CCC(C=C)CC3)c(C#N)c2)=C\C=C\1C. The van der Waals surface area contributed by atoms with Gasteiger partial charge in [0.25, 0.3) is 0 Å². The van der Waals surface area contributed by atoms with Gasteiger partial charge in [0.15, 0.2) is 11.6 Å². The Hall–Kier alpha value is -4.59. The number of nitrogens with zero attached hydrogens (tertiary/aromatic N) is 1. The number of carbonyl (C=O) groups excluding carboxylic acids is 2. The molecule has 0 aromatic heterocycles.